The molecule has 0 saturated heterocycles. The van der Waals surface area contributed by atoms with Crippen LogP contribution in [0.3, 0.4) is 0 Å². The zero-order valence-electron chi connectivity index (χ0n) is 13.4. The fraction of sp³-hybridized carbons (Fsp3) is 0.312. The molecule has 25 heavy (non-hydrogen) atoms. The largest absolute Gasteiger partial charge is 0.455 e. The van der Waals surface area contributed by atoms with Crippen LogP contribution >= 0.6 is 0 Å². The molecule has 0 spiro atoms. The molecule has 2 aromatic heterocycles. The molecular formula is C16H17F2N5O2. The number of pyridine rings is 2. The zero-order valence-corrected chi connectivity index (χ0v) is 13.4. The van der Waals surface area contributed by atoms with E-state index in [0.717, 1.165) is 19.0 Å². The van der Waals surface area contributed by atoms with Crippen LogP contribution in [0.4, 0.5) is 26.1 Å². The van der Waals surface area contributed by atoms with Gasteiger partial charge < -0.3 is 21.1 Å². The Morgan fingerprint density at radius 2 is 2.16 bits per heavy atom. The average molecular weight is 349 g/mol. The number of rotatable bonds is 6. The minimum Gasteiger partial charge on any atom is -0.455 e. The number of anilines is 3. The molecule has 4 N–H and O–H groups in total. The minimum absolute atomic E-state index is 0.0174. The van der Waals surface area contributed by atoms with Crippen molar-refractivity contribution in [2.75, 3.05) is 23.4 Å². The molecule has 2 aromatic rings. The number of nitrogens with one attached hydrogen (secondary N) is 2. The minimum atomic E-state index is -2.81. The lowest BCUT2D eigenvalue weighted by molar-refractivity contribution is -0.117. The number of nitrogens with zero attached hydrogens (tertiary/aromatic N) is 2. The van der Waals surface area contributed by atoms with Gasteiger partial charge in [0.25, 0.3) is 6.43 Å². The zero-order chi connectivity index (χ0) is 18.0. The second-order valence-corrected chi connectivity index (χ2v) is 5.59. The number of carbonyl (C=O) groups is 1. The molecule has 1 saturated carbocycles. The van der Waals surface area contributed by atoms with Gasteiger partial charge in [-0.1, -0.05) is 0 Å². The Morgan fingerprint density at radius 1 is 1.40 bits per heavy atom. The second kappa shape index (κ2) is 6.88. The molecule has 1 aliphatic carbocycles. The summed E-state index contributed by atoms with van der Waals surface area (Å²) >= 11 is 0. The molecule has 0 unspecified atom stereocenters. The molecule has 132 valence electrons. The van der Waals surface area contributed by atoms with Crippen LogP contribution in [0.1, 0.15) is 24.8 Å². The van der Waals surface area contributed by atoms with E-state index in [-0.39, 0.29) is 40.4 Å². The highest BCUT2D eigenvalue weighted by Gasteiger charge is 2.30. The van der Waals surface area contributed by atoms with Gasteiger partial charge in [-0.2, -0.15) is 0 Å². The molecule has 1 fully saturated rings. The molecule has 2 heterocycles. The van der Waals surface area contributed by atoms with Crippen molar-refractivity contribution < 1.29 is 18.3 Å². The normalized spacial score (nSPS) is 13.6. The van der Waals surface area contributed by atoms with Gasteiger partial charge in [0.05, 0.1) is 17.4 Å². The van der Waals surface area contributed by atoms with E-state index in [1.807, 2.05) is 0 Å². The lowest BCUT2D eigenvalue weighted by Gasteiger charge is -2.16. The van der Waals surface area contributed by atoms with Gasteiger partial charge in [0.15, 0.2) is 5.75 Å². The Kier molecular flexibility index (Phi) is 4.64. The summed E-state index contributed by atoms with van der Waals surface area (Å²) in [5, 5.41) is 5.28. The summed E-state index contributed by atoms with van der Waals surface area (Å²) in [5.41, 5.74) is 5.26. The number of halogens is 2. The summed E-state index contributed by atoms with van der Waals surface area (Å²) in [5.74, 6) is 0.291. The molecule has 0 radical (unpaired) electrons. The third-order valence-corrected chi connectivity index (χ3v) is 3.74. The van der Waals surface area contributed by atoms with Gasteiger partial charge in [-0.3, -0.25) is 4.79 Å². The Morgan fingerprint density at radius 3 is 2.80 bits per heavy atom. The molecule has 0 atom stereocenters. The Labute approximate surface area is 142 Å². The molecule has 3 rings (SSSR count). The number of hydrogen-bond donors (Lipinski definition) is 3. The summed E-state index contributed by atoms with van der Waals surface area (Å²) in [4.78, 5) is 19.7. The Balaban J connectivity index is 1.86. The van der Waals surface area contributed by atoms with Crippen LogP contribution < -0.4 is 21.1 Å². The fourth-order valence-electron chi connectivity index (χ4n) is 2.33. The van der Waals surface area contributed by atoms with Gasteiger partial charge in [0.1, 0.15) is 17.4 Å². The first-order valence-electron chi connectivity index (χ1n) is 7.68. The summed E-state index contributed by atoms with van der Waals surface area (Å²) in [6.45, 7) is 0. The number of carbonyl (C=O) groups excluding carboxylic acids is 1. The number of nitrogens with two attached hydrogens (primary N) is 1. The van der Waals surface area contributed by atoms with E-state index >= 15 is 0 Å². The summed E-state index contributed by atoms with van der Waals surface area (Å²) in [6, 6.07) is 2.96. The van der Waals surface area contributed by atoms with Gasteiger partial charge in [0.2, 0.25) is 5.91 Å². The van der Waals surface area contributed by atoms with Crippen LogP contribution in [0, 0.1) is 5.92 Å². The predicted molar refractivity (Wildman–Crippen MR) is 88.8 cm³/mol. The van der Waals surface area contributed by atoms with Crippen molar-refractivity contribution in [3.63, 3.8) is 0 Å². The van der Waals surface area contributed by atoms with Crippen LogP contribution in [-0.4, -0.2) is 22.9 Å². The molecular weight excluding hydrogens is 332 g/mol. The number of hydrogen-bond acceptors (Lipinski definition) is 6. The maximum absolute atomic E-state index is 13.4. The van der Waals surface area contributed by atoms with Crippen molar-refractivity contribution >= 4 is 23.2 Å². The summed E-state index contributed by atoms with van der Waals surface area (Å²) in [7, 11) is 1.47. The standard InChI is InChI=1S/C16H17F2N5O2/c1-20-13-12(14(17)18)10(7-22-15(13)19)25-9-4-5-21-11(6-9)23-16(24)8-2-3-8/h4-8,14,20H,2-3H2,1H3,(H2,19,22)(H,21,23,24). The number of amides is 1. The van der Waals surface area contributed by atoms with Crippen LogP contribution in [-0.2, 0) is 4.79 Å². The maximum atomic E-state index is 13.4. The first-order valence-corrected chi connectivity index (χ1v) is 7.68. The number of ether oxygens (including phenoxy) is 1. The highest BCUT2D eigenvalue weighted by Crippen LogP contribution is 2.39. The molecule has 0 bridgehead atoms. The fourth-order valence-corrected chi connectivity index (χ4v) is 2.33. The highest BCUT2D eigenvalue weighted by atomic mass is 19.3. The van der Waals surface area contributed by atoms with Crippen molar-refractivity contribution in [2.45, 2.75) is 19.3 Å². The first-order chi connectivity index (χ1) is 12.0. The molecule has 7 nitrogen and oxygen atoms in total. The van der Waals surface area contributed by atoms with E-state index in [0.29, 0.717) is 5.82 Å². The van der Waals surface area contributed by atoms with Crippen molar-refractivity contribution in [1.82, 2.24) is 9.97 Å². The van der Waals surface area contributed by atoms with Crippen LogP contribution in [0.15, 0.2) is 24.5 Å². The number of nitrogen functional groups attached to an aromatic ring is 1. The third kappa shape index (κ3) is 3.76. The van der Waals surface area contributed by atoms with E-state index in [9.17, 15) is 13.6 Å². The quantitative estimate of drug-likeness (QED) is 0.740. The highest BCUT2D eigenvalue weighted by molar-refractivity contribution is 5.93. The van der Waals surface area contributed by atoms with Crippen LogP contribution in [0.5, 0.6) is 11.5 Å². The van der Waals surface area contributed by atoms with Gasteiger partial charge in [0, 0.05) is 25.2 Å². The van der Waals surface area contributed by atoms with E-state index < -0.39 is 6.43 Å². The van der Waals surface area contributed by atoms with Gasteiger partial charge in [-0.25, -0.2) is 18.7 Å². The molecule has 1 aliphatic rings. The van der Waals surface area contributed by atoms with Gasteiger partial charge >= 0.3 is 0 Å². The number of aromatic nitrogens is 2. The molecule has 9 heteroatoms. The van der Waals surface area contributed by atoms with Gasteiger partial charge in [-0.05, 0) is 18.9 Å². The molecule has 0 aromatic carbocycles. The first kappa shape index (κ1) is 16.9. The van der Waals surface area contributed by atoms with Crippen molar-refractivity contribution in [1.29, 1.82) is 0 Å². The van der Waals surface area contributed by atoms with Gasteiger partial charge in [-0.15, -0.1) is 0 Å². The van der Waals surface area contributed by atoms with E-state index in [2.05, 4.69) is 20.6 Å². The third-order valence-electron chi connectivity index (χ3n) is 3.74. The second-order valence-electron chi connectivity index (χ2n) is 5.59. The Hall–Kier alpha value is -2.97. The predicted octanol–water partition coefficient (Wildman–Crippen LogP) is 3.18. The molecule has 0 aliphatic heterocycles. The smallest absolute Gasteiger partial charge is 0.269 e. The monoisotopic (exact) mass is 349 g/mol. The SMILES string of the molecule is CNc1c(N)ncc(Oc2ccnc(NC(=O)C3CC3)c2)c1C(F)F. The lowest BCUT2D eigenvalue weighted by atomic mass is 10.2. The number of alkyl halides is 2. The van der Waals surface area contributed by atoms with Crippen LogP contribution in [0.2, 0.25) is 0 Å². The summed E-state index contributed by atoms with van der Waals surface area (Å²) in [6.07, 6.45) is 1.48. The lowest BCUT2D eigenvalue weighted by Crippen LogP contribution is -2.14. The van der Waals surface area contributed by atoms with E-state index in [4.69, 9.17) is 10.5 Å². The molecule has 1 amide bonds. The maximum Gasteiger partial charge on any atom is 0.269 e. The van der Waals surface area contributed by atoms with Crippen molar-refractivity contribution in [2.24, 2.45) is 5.92 Å². The van der Waals surface area contributed by atoms with Crippen LogP contribution in [0.25, 0.3) is 0 Å². The van der Waals surface area contributed by atoms with E-state index in [1.165, 1.54) is 25.4 Å². The van der Waals surface area contributed by atoms with Crippen molar-refractivity contribution in [3.05, 3.63) is 30.1 Å². The summed E-state index contributed by atoms with van der Waals surface area (Å²) < 4.78 is 32.4. The topological polar surface area (TPSA) is 102 Å². The average Bonchev–Trinajstić information content (AvgIpc) is 3.41. The van der Waals surface area contributed by atoms with Crippen molar-refractivity contribution in [3.8, 4) is 11.5 Å². The Bertz CT molecular complexity index is 796. The van der Waals surface area contributed by atoms with E-state index in [1.54, 1.807) is 0 Å².